The highest BCUT2D eigenvalue weighted by molar-refractivity contribution is 6.22. The third-order valence-electron chi connectivity index (χ3n) is 3.71. The molecule has 0 aromatic heterocycles. The summed E-state index contributed by atoms with van der Waals surface area (Å²) in [6.45, 7) is 2.50. The lowest BCUT2D eigenvalue weighted by Gasteiger charge is -2.19. The van der Waals surface area contributed by atoms with E-state index in [-0.39, 0.29) is 11.7 Å². The van der Waals surface area contributed by atoms with E-state index in [9.17, 15) is 9.18 Å². The zero-order chi connectivity index (χ0) is 15.0. The quantitative estimate of drug-likeness (QED) is 0.841. The van der Waals surface area contributed by atoms with Crippen LogP contribution in [-0.2, 0) is 6.42 Å². The number of nitrogens with one attached hydrogen (secondary N) is 1. The van der Waals surface area contributed by atoms with Gasteiger partial charge in [-0.05, 0) is 53.8 Å². The molecule has 1 heterocycles. The van der Waals surface area contributed by atoms with E-state index in [2.05, 4.69) is 5.32 Å². The number of alkyl halides is 1. The van der Waals surface area contributed by atoms with Crippen LogP contribution in [0.25, 0.3) is 0 Å². The van der Waals surface area contributed by atoms with Gasteiger partial charge in [-0.2, -0.15) is 0 Å². The van der Waals surface area contributed by atoms with Crippen molar-refractivity contribution in [2.24, 2.45) is 0 Å². The van der Waals surface area contributed by atoms with E-state index in [4.69, 9.17) is 11.6 Å². The van der Waals surface area contributed by atoms with Gasteiger partial charge in [-0.15, -0.1) is 11.6 Å². The first kappa shape index (κ1) is 14.1. The lowest BCUT2D eigenvalue weighted by molar-refractivity contribution is 0.0946. The minimum atomic E-state index is -0.473. The molecule has 1 aliphatic rings. The highest BCUT2D eigenvalue weighted by Crippen LogP contribution is 2.31. The largest absolute Gasteiger partial charge is 0.352 e. The number of carbonyl (C=O) groups excluding carboxylic acids is 1. The molecule has 0 fully saturated rings. The topological polar surface area (TPSA) is 29.1 Å². The summed E-state index contributed by atoms with van der Waals surface area (Å²) in [7, 11) is 0. The maximum absolute atomic E-state index is 13.5. The molecule has 3 rings (SSSR count). The molecule has 1 unspecified atom stereocenters. The second kappa shape index (κ2) is 5.49. The van der Waals surface area contributed by atoms with Crippen molar-refractivity contribution in [2.75, 3.05) is 6.54 Å². The minimum Gasteiger partial charge on any atom is -0.352 e. The first-order valence-electron chi connectivity index (χ1n) is 6.87. The van der Waals surface area contributed by atoms with E-state index in [1.165, 1.54) is 12.1 Å². The standard InChI is InChI=1S/C17H15ClFNO/c1-10-6-13(8-14(19)7-10)16(18)12-3-2-11-4-5-20-17(21)15(11)9-12/h2-3,6-9,16H,4-5H2,1H3,(H,20,21). The summed E-state index contributed by atoms with van der Waals surface area (Å²) in [5, 5.41) is 2.35. The molecule has 0 aliphatic carbocycles. The second-order valence-electron chi connectivity index (χ2n) is 5.35. The number of benzene rings is 2. The Morgan fingerprint density at radius 1 is 1.19 bits per heavy atom. The van der Waals surface area contributed by atoms with Gasteiger partial charge in [0.15, 0.2) is 0 Å². The Morgan fingerprint density at radius 3 is 2.76 bits per heavy atom. The van der Waals surface area contributed by atoms with E-state index < -0.39 is 5.38 Å². The summed E-state index contributed by atoms with van der Waals surface area (Å²) >= 11 is 6.47. The van der Waals surface area contributed by atoms with E-state index in [1.54, 1.807) is 0 Å². The maximum Gasteiger partial charge on any atom is 0.251 e. The van der Waals surface area contributed by atoms with E-state index in [0.29, 0.717) is 17.7 Å². The van der Waals surface area contributed by atoms with Crippen LogP contribution in [-0.4, -0.2) is 12.5 Å². The first-order valence-corrected chi connectivity index (χ1v) is 7.30. The molecule has 4 heteroatoms. The highest BCUT2D eigenvalue weighted by Gasteiger charge is 2.20. The Hall–Kier alpha value is -1.87. The number of hydrogen-bond donors (Lipinski definition) is 1. The van der Waals surface area contributed by atoms with Crippen LogP contribution in [0.3, 0.4) is 0 Å². The van der Waals surface area contributed by atoms with E-state index >= 15 is 0 Å². The number of hydrogen-bond acceptors (Lipinski definition) is 1. The zero-order valence-corrected chi connectivity index (χ0v) is 12.4. The fraction of sp³-hybridized carbons (Fsp3) is 0.235. The Bertz CT molecular complexity index is 694. The summed E-state index contributed by atoms with van der Waals surface area (Å²) in [5.74, 6) is -0.372. The molecule has 108 valence electrons. The van der Waals surface area contributed by atoms with Crippen LogP contribution in [0.15, 0.2) is 36.4 Å². The van der Waals surface area contributed by atoms with Crippen molar-refractivity contribution in [2.45, 2.75) is 18.7 Å². The number of fused-ring (bicyclic) bond motifs is 1. The summed E-state index contributed by atoms with van der Waals surface area (Å²) < 4.78 is 13.5. The molecule has 2 aromatic carbocycles. The Labute approximate surface area is 127 Å². The van der Waals surface area contributed by atoms with Gasteiger partial charge in [0.25, 0.3) is 5.91 Å². The van der Waals surface area contributed by atoms with Gasteiger partial charge in [0.1, 0.15) is 5.82 Å². The number of rotatable bonds is 2. The minimum absolute atomic E-state index is 0.0719. The SMILES string of the molecule is Cc1cc(F)cc(C(Cl)c2ccc3c(c2)C(=O)NCC3)c1. The smallest absolute Gasteiger partial charge is 0.251 e. The predicted molar refractivity (Wildman–Crippen MR) is 81.3 cm³/mol. The molecule has 1 atom stereocenters. The highest BCUT2D eigenvalue weighted by atomic mass is 35.5. The molecule has 0 saturated heterocycles. The Morgan fingerprint density at radius 2 is 2.00 bits per heavy atom. The zero-order valence-electron chi connectivity index (χ0n) is 11.6. The number of carbonyl (C=O) groups is 1. The van der Waals surface area contributed by atoms with E-state index in [0.717, 1.165) is 23.1 Å². The van der Waals surface area contributed by atoms with Gasteiger partial charge in [-0.1, -0.05) is 18.2 Å². The van der Waals surface area contributed by atoms with Crippen LogP contribution in [0.1, 0.15) is 38.0 Å². The average molecular weight is 304 g/mol. The summed E-state index contributed by atoms with van der Waals surface area (Å²) in [6, 6.07) is 10.4. The van der Waals surface area contributed by atoms with Crippen molar-refractivity contribution in [3.8, 4) is 0 Å². The third kappa shape index (κ3) is 2.79. The van der Waals surface area contributed by atoms with Gasteiger partial charge in [-0.25, -0.2) is 4.39 Å². The number of halogens is 2. The summed E-state index contributed by atoms with van der Waals surface area (Å²) in [6.07, 6.45) is 0.827. The molecular formula is C17H15ClFNO. The fourth-order valence-electron chi connectivity index (χ4n) is 2.69. The monoisotopic (exact) mass is 303 g/mol. The second-order valence-corrected chi connectivity index (χ2v) is 5.78. The number of amides is 1. The Kier molecular flexibility index (Phi) is 3.68. The van der Waals surface area contributed by atoms with Crippen molar-refractivity contribution in [1.82, 2.24) is 5.32 Å². The Balaban J connectivity index is 2.00. The number of aryl methyl sites for hydroxylation is 1. The lowest BCUT2D eigenvalue weighted by atomic mass is 9.94. The molecule has 1 N–H and O–H groups in total. The molecule has 1 aliphatic heterocycles. The maximum atomic E-state index is 13.5. The van der Waals surface area contributed by atoms with Crippen LogP contribution in [0, 0.1) is 12.7 Å². The van der Waals surface area contributed by atoms with Gasteiger partial charge in [0.05, 0.1) is 5.38 Å². The summed E-state index contributed by atoms with van der Waals surface area (Å²) in [4.78, 5) is 11.9. The van der Waals surface area contributed by atoms with Crippen LogP contribution in [0.2, 0.25) is 0 Å². The molecule has 0 bridgehead atoms. The molecule has 0 spiro atoms. The van der Waals surface area contributed by atoms with Crippen molar-refractivity contribution in [1.29, 1.82) is 0 Å². The predicted octanol–water partition coefficient (Wildman–Crippen LogP) is 3.75. The van der Waals surface area contributed by atoms with Gasteiger partial charge >= 0.3 is 0 Å². The van der Waals surface area contributed by atoms with Gasteiger partial charge in [-0.3, -0.25) is 4.79 Å². The van der Waals surface area contributed by atoms with Crippen molar-refractivity contribution >= 4 is 17.5 Å². The van der Waals surface area contributed by atoms with Gasteiger partial charge in [0.2, 0.25) is 0 Å². The van der Waals surface area contributed by atoms with Gasteiger partial charge in [0, 0.05) is 12.1 Å². The molecular weight excluding hydrogens is 289 g/mol. The molecule has 1 amide bonds. The normalized spacial score (nSPS) is 15.3. The van der Waals surface area contributed by atoms with Crippen LogP contribution in [0.4, 0.5) is 4.39 Å². The van der Waals surface area contributed by atoms with Gasteiger partial charge < -0.3 is 5.32 Å². The van der Waals surface area contributed by atoms with Crippen molar-refractivity contribution in [3.05, 3.63) is 70.0 Å². The fourth-order valence-corrected chi connectivity index (χ4v) is 2.95. The van der Waals surface area contributed by atoms with Crippen LogP contribution < -0.4 is 5.32 Å². The summed E-state index contributed by atoms with van der Waals surface area (Å²) in [5.41, 5.74) is 4.02. The molecule has 2 aromatic rings. The third-order valence-corrected chi connectivity index (χ3v) is 4.21. The van der Waals surface area contributed by atoms with Crippen LogP contribution in [0.5, 0.6) is 0 Å². The van der Waals surface area contributed by atoms with E-state index in [1.807, 2.05) is 31.2 Å². The molecule has 0 saturated carbocycles. The van der Waals surface area contributed by atoms with Crippen LogP contribution >= 0.6 is 11.6 Å². The average Bonchev–Trinajstić information content (AvgIpc) is 2.45. The molecule has 0 radical (unpaired) electrons. The first-order chi connectivity index (χ1) is 10.0. The lowest BCUT2D eigenvalue weighted by Crippen LogP contribution is -2.31. The molecule has 2 nitrogen and oxygen atoms in total. The molecule has 21 heavy (non-hydrogen) atoms. The van der Waals surface area contributed by atoms with Crippen molar-refractivity contribution in [3.63, 3.8) is 0 Å². The van der Waals surface area contributed by atoms with Crippen molar-refractivity contribution < 1.29 is 9.18 Å².